The molecule has 4 aromatic rings. The Morgan fingerprint density at radius 1 is 1.00 bits per heavy atom. The largest absolute Gasteiger partial charge is 0.365 e. The van der Waals surface area contributed by atoms with Gasteiger partial charge in [-0.1, -0.05) is 30.3 Å². The first-order valence-corrected chi connectivity index (χ1v) is 11.7. The number of imidazole rings is 1. The van der Waals surface area contributed by atoms with Crippen molar-refractivity contribution in [2.24, 2.45) is 5.73 Å². The second-order valence-electron chi connectivity index (χ2n) is 8.86. The Balaban J connectivity index is 1.51. The number of nitrogens with two attached hydrogens (primary N) is 1. The zero-order valence-electron chi connectivity index (χ0n) is 18.9. The molecule has 0 atom stereocenters. The topological polar surface area (TPSA) is 84.5 Å². The highest BCUT2D eigenvalue weighted by Crippen LogP contribution is 2.31. The minimum absolute atomic E-state index is 0.120. The molecule has 1 amide bonds. The van der Waals surface area contributed by atoms with Gasteiger partial charge in [0.15, 0.2) is 5.65 Å². The van der Waals surface area contributed by atoms with Crippen LogP contribution in [0.2, 0.25) is 0 Å². The van der Waals surface area contributed by atoms with Gasteiger partial charge in [-0.25, -0.2) is 9.37 Å². The molecule has 0 radical (unpaired) electrons. The summed E-state index contributed by atoms with van der Waals surface area (Å²) in [6.45, 7) is 0.585. The molecule has 7 heteroatoms. The maximum atomic E-state index is 13.6. The van der Waals surface area contributed by atoms with E-state index in [4.69, 9.17) is 10.7 Å². The number of carbonyl (C=O) groups is 1. The van der Waals surface area contributed by atoms with E-state index in [0.29, 0.717) is 23.4 Å². The van der Waals surface area contributed by atoms with Crippen molar-refractivity contribution < 1.29 is 9.18 Å². The number of anilines is 1. The van der Waals surface area contributed by atoms with Crippen LogP contribution in [0.5, 0.6) is 0 Å². The van der Waals surface area contributed by atoms with E-state index in [9.17, 15) is 9.18 Å². The normalized spacial score (nSPS) is 18.1. The van der Waals surface area contributed by atoms with Crippen LogP contribution in [0.15, 0.2) is 72.9 Å². The van der Waals surface area contributed by atoms with Gasteiger partial charge in [-0.15, -0.1) is 0 Å². The first-order valence-electron chi connectivity index (χ1n) is 11.7. The number of hydrogen-bond acceptors (Lipinski definition) is 4. The molecule has 2 aromatic carbocycles. The van der Waals surface area contributed by atoms with E-state index in [2.05, 4.69) is 10.6 Å². The quantitative estimate of drug-likeness (QED) is 0.390. The lowest BCUT2D eigenvalue weighted by Crippen LogP contribution is -2.40. The molecule has 6 nitrogen and oxygen atoms in total. The van der Waals surface area contributed by atoms with Gasteiger partial charge in [-0.2, -0.15) is 0 Å². The Bertz CT molecular complexity index is 1280. The molecular weight excluding hydrogens is 429 g/mol. The monoisotopic (exact) mass is 457 g/mol. The van der Waals surface area contributed by atoms with Gasteiger partial charge in [0.1, 0.15) is 17.3 Å². The molecule has 2 heterocycles. The highest BCUT2D eigenvalue weighted by atomic mass is 19.1. The summed E-state index contributed by atoms with van der Waals surface area (Å²) in [6.07, 6.45) is 5.49. The van der Waals surface area contributed by atoms with Gasteiger partial charge in [0.25, 0.3) is 5.91 Å². The lowest BCUT2D eigenvalue weighted by molar-refractivity contribution is 0.0927. The van der Waals surface area contributed by atoms with E-state index in [1.54, 1.807) is 18.2 Å². The van der Waals surface area contributed by atoms with Crippen molar-refractivity contribution in [3.63, 3.8) is 0 Å². The standard InChI is InChI=1S/C27H28FN5O/c28-20-10-8-19(9-11-20)24-26(30-17-18-5-2-1-3-6-18)33-16-4-7-23(25(33)32-24)27(34)31-22-14-12-21(29)13-15-22/h1-11,16,21-22,30H,12-15,17,29H2,(H,31,34). The number of nitrogens with zero attached hydrogens (tertiary/aromatic N) is 2. The molecule has 2 aromatic heterocycles. The number of hydrogen-bond donors (Lipinski definition) is 3. The van der Waals surface area contributed by atoms with Crippen LogP contribution in [0.1, 0.15) is 41.6 Å². The molecular formula is C27H28FN5O. The summed E-state index contributed by atoms with van der Waals surface area (Å²) in [7, 11) is 0. The average molecular weight is 458 g/mol. The molecule has 0 saturated heterocycles. The van der Waals surface area contributed by atoms with Crippen molar-refractivity contribution in [2.75, 3.05) is 5.32 Å². The molecule has 34 heavy (non-hydrogen) atoms. The van der Waals surface area contributed by atoms with E-state index >= 15 is 0 Å². The summed E-state index contributed by atoms with van der Waals surface area (Å²) < 4.78 is 15.5. The van der Waals surface area contributed by atoms with Crippen LogP contribution in [-0.2, 0) is 6.54 Å². The Morgan fingerprint density at radius 3 is 2.47 bits per heavy atom. The van der Waals surface area contributed by atoms with Crippen LogP contribution in [0.25, 0.3) is 16.9 Å². The lowest BCUT2D eigenvalue weighted by Gasteiger charge is -2.26. The van der Waals surface area contributed by atoms with E-state index in [1.807, 2.05) is 47.0 Å². The molecule has 1 aliphatic rings. The number of rotatable bonds is 6. The first-order chi connectivity index (χ1) is 16.6. The Hall–Kier alpha value is -3.71. The zero-order valence-corrected chi connectivity index (χ0v) is 18.9. The number of fused-ring (bicyclic) bond motifs is 1. The fourth-order valence-corrected chi connectivity index (χ4v) is 4.53. The number of benzene rings is 2. The molecule has 1 aliphatic carbocycles. The van der Waals surface area contributed by atoms with Crippen molar-refractivity contribution in [1.82, 2.24) is 14.7 Å². The smallest absolute Gasteiger partial charge is 0.255 e. The van der Waals surface area contributed by atoms with Crippen molar-refractivity contribution in [3.8, 4) is 11.3 Å². The van der Waals surface area contributed by atoms with Crippen LogP contribution in [0.4, 0.5) is 10.2 Å². The number of pyridine rings is 1. The second kappa shape index (κ2) is 9.65. The molecule has 0 bridgehead atoms. The predicted molar refractivity (Wildman–Crippen MR) is 132 cm³/mol. The number of carbonyl (C=O) groups excluding carboxylic acids is 1. The van der Waals surface area contributed by atoms with Crippen molar-refractivity contribution >= 4 is 17.4 Å². The minimum Gasteiger partial charge on any atom is -0.365 e. The Labute approximate surface area is 198 Å². The maximum absolute atomic E-state index is 13.6. The molecule has 0 aliphatic heterocycles. The molecule has 4 N–H and O–H groups in total. The molecule has 1 saturated carbocycles. The van der Waals surface area contributed by atoms with Crippen LogP contribution in [0, 0.1) is 5.82 Å². The summed E-state index contributed by atoms with van der Waals surface area (Å²) in [5.74, 6) is 0.304. The van der Waals surface area contributed by atoms with Crippen LogP contribution in [0.3, 0.4) is 0 Å². The van der Waals surface area contributed by atoms with Gasteiger partial charge in [0, 0.05) is 30.4 Å². The number of aromatic nitrogens is 2. The highest BCUT2D eigenvalue weighted by molar-refractivity contribution is 6.01. The van der Waals surface area contributed by atoms with Gasteiger partial charge in [-0.3, -0.25) is 9.20 Å². The fourth-order valence-electron chi connectivity index (χ4n) is 4.53. The third-order valence-electron chi connectivity index (χ3n) is 6.42. The number of nitrogens with one attached hydrogen (secondary N) is 2. The zero-order chi connectivity index (χ0) is 23.5. The Morgan fingerprint density at radius 2 is 1.74 bits per heavy atom. The van der Waals surface area contributed by atoms with Crippen LogP contribution < -0.4 is 16.4 Å². The Kier molecular flexibility index (Phi) is 6.27. The van der Waals surface area contributed by atoms with Crippen LogP contribution in [-0.4, -0.2) is 27.4 Å². The average Bonchev–Trinajstić information content (AvgIpc) is 3.24. The molecule has 5 rings (SSSR count). The summed E-state index contributed by atoms with van der Waals surface area (Å²) in [4.78, 5) is 18.1. The lowest BCUT2D eigenvalue weighted by atomic mass is 9.91. The molecule has 1 fully saturated rings. The van der Waals surface area contributed by atoms with Gasteiger partial charge in [0.2, 0.25) is 0 Å². The van der Waals surface area contributed by atoms with Crippen LogP contribution >= 0.6 is 0 Å². The van der Waals surface area contributed by atoms with Crippen molar-refractivity contribution in [2.45, 2.75) is 44.3 Å². The molecule has 0 spiro atoms. The highest BCUT2D eigenvalue weighted by Gasteiger charge is 2.23. The van der Waals surface area contributed by atoms with E-state index in [0.717, 1.165) is 42.6 Å². The minimum atomic E-state index is -0.307. The van der Waals surface area contributed by atoms with Crippen molar-refractivity contribution in [1.29, 1.82) is 0 Å². The van der Waals surface area contributed by atoms with E-state index in [1.165, 1.54) is 12.1 Å². The van der Waals surface area contributed by atoms with Gasteiger partial charge in [0.05, 0.1) is 5.56 Å². The predicted octanol–water partition coefficient (Wildman–Crippen LogP) is 4.75. The van der Waals surface area contributed by atoms with Gasteiger partial charge < -0.3 is 16.4 Å². The fraction of sp³-hybridized carbons (Fsp3) is 0.259. The summed E-state index contributed by atoms with van der Waals surface area (Å²) in [5.41, 5.74) is 9.63. The molecule has 174 valence electrons. The number of halogens is 1. The summed E-state index contributed by atoms with van der Waals surface area (Å²) >= 11 is 0. The summed E-state index contributed by atoms with van der Waals surface area (Å²) in [6, 6.07) is 20.3. The number of amides is 1. The second-order valence-corrected chi connectivity index (χ2v) is 8.86. The van der Waals surface area contributed by atoms with E-state index < -0.39 is 0 Å². The van der Waals surface area contributed by atoms with Crippen molar-refractivity contribution in [3.05, 3.63) is 89.9 Å². The first kappa shape index (κ1) is 22.1. The SMILES string of the molecule is NC1CCC(NC(=O)c2cccn3c(NCc4ccccc4)c(-c4ccc(F)cc4)nc23)CC1. The third-order valence-corrected chi connectivity index (χ3v) is 6.42. The summed E-state index contributed by atoms with van der Waals surface area (Å²) in [5, 5.41) is 6.64. The van der Waals surface area contributed by atoms with Gasteiger partial charge in [-0.05, 0) is 67.6 Å². The molecule has 0 unspecified atom stereocenters. The maximum Gasteiger partial charge on any atom is 0.255 e. The van der Waals surface area contributed by atoms with E-state index in [-0.39, 0.29) is 23.8 Å². The third kappa shape index (κ3) is 4.65. The van der Waals surface area contributed by atoms with Gasteiger partial charge >= 0.3 is 0 Å².